The molecule has 23 heavy (non-hydrogen) atoms. The Morgan fingerprint density at radius 2 is 2.22 bits per heavy atom. The van der Waals surface area contributed by atoms with Crippen LogP contribution in [0.1, 0.15) is 25.0 Å². The molecule has 2 amide bonds. The summed E-state index contributed by atoms with van der Waals surface area (Å²) in [7, 11) is 0. The van der Waals surface area contributed by atoms with Gasteiger partial charge in [-0.3, -0.25) is 4.98 Å². The molecule has 3 heterocycles. The van der Waals surface area contributed by atoms with Gasteiger partial charge >= 0.3 is 6.03 Å². The summed E-state index contributed by atoms with van der Waals surface area (Å²) < 4.78 is 5.44. The second-order valence-corrected chi connectivity index (χ2v) is 6.59. The molecule has 0 aromatic carbocycles. The number of carbonyl (C=O) groups excluding carboxylic acids is 1. The Labute approximate surface area is 137 Å². The summed E-state index contributed by atoms with van der Waals surface area (Å²) in [5, 5.41) is 5.96. The van der Waals surface area contributed by atoms with Crippen LogP contribution in [0.5, 0.6) is 0 Å². The molecule has 3 rings (SSSR count). The number of hydrogen-bond donors (Lipinski definition) is 2. The topological polar surface area (TPSA) is 66.5 Å². The van der Waals surface area contributed by atoms with Gasteiger partial charge in [-0.2, -0.15) is 0 Å². The Morgan fingerprint density at radius 3 is 2.91 bits per heavy atom. The maximum absolute atomic E-state index is 12.1. The summed E-state index contributed by atoms with van der Waals surface area (Å²) in [6.07, 6.45) is 4.91. The van der Waals surface area contributed by atoms with Gasteiger partial charge in [0.2, 0.25) is 0 Å². The van der Waals surface area contributed by atoms with E-state index in [1.54, 1.807) is 12.3 Å². The van der Waals surface area contributed by atoms with E-state index in [0.717, 1.165) is 57.1 Å². The number of amides is 2. The summed E-state index contributed by atoms with van der Waals surface area (Å²) in [5.41, 5.74) is 1.68. The number of anilines is 1. The van der Waals surface area contributed by atoms with E-state index < -0.39 is 0 Å². The van der Waals surface area contributed by atoms with E-state index in [0.29, 0.717) is 5.92 Å². The molecule has 0 bridgehead atoms. The molecule has 0 saturated carbocycles. The van der Waals surface area contributed by atoms with Gasteiger partial charge in [0.15, 0.2) is 0 Å². The largest absolute Gasteiger partial charge is 0.381 e. The van der Waals surface area contributed by atoms with E-state index in [1.165, 1.54) is 6.42 Å². The lowest BCUT2D eigenvalue weighted by Crippen LogP contribution is -2.47. The molecule has 0 unspecified atom stereocenters. The van der Waals surface area contributed by atoms with Crippen LogP contribution in [-0.4, -0.2) is 54.8 Å². The number of nitrogens with zero attached hydrogens (tertiary/aromatic N) is 2. The summed E-state index contributed by atoms with van der Waals surface area (Å²) in [5.74, 6) is 0.692. The van der Waals surface area contributed by atoms with Gasteiger partial charge in [-0.25, -0.2) is 4.79 Å². The fourth-order valence-corrected chi connectivity index (χ4v) is 3.33. The Bertz CT molecular complexity index is 523. The van der Waals surface area contributed by atoms with Gasteiger partial charge in [0, 0.05) is 49.9 Å². The van der Waals surface area contributed by atoms with E-state index in [-0.39, 0.29) is 12.1 Å². The van der Waals surface area contributed by atoms with Crippen LogP contribution in [0.4, 0.5) is 10.5 Å². The Kier molecular flexibility index (Phi) is 5.46. The summed E-state index contributed by atoms with van der Waals surface area (Å²) in [6.45, 7) is 6.97. The monoisotopic (exact) mass is 318 g/mol. The van der Waals surface area contributed by atoms with Crippen LogP contribution in [0.2, 0.25) is 0 Å². The SMILES string of the molecule is Cc1cc(NC(=O)NC2CCN(C[C@H]3CCOC3)CC2)ccn1. The number of nitrogens with one attached hydrogen (secondary N) is 2. The molecular weight excluding hydrogens is 292 g/mol. The molecule has 2 N–H and O–H groups in total. The number of likely N-dealkylation sites (tertiary alicyclic amines) is 1. The van der Waals surface area contributed by atoms with Crippen molar-refractivity contribution in [3.8, 4) is 0 Å². The second-order valence-electron chi connectivity index (χ2n) is 6.59. The average molecular weight is 318 g/mol. The summed E-state index contributed by atoms with van der Waals surface area (Å²) in [4.78, 5) is 18.7. The highest BCUT2D eigenvalue weighted by atomic mass is 16.5. The predicted molar refractivity (Wildman–Crippen MR) is 89.5 cm³/mol. The molecule has 2 saturated heterocycles. The van der Waals surface area contributed by atoms with Crippen molar-refractivity contribution in [1.82, 2.24) is 15.2 Å². The minimum absolute atomic E-state index is 0.127. The number of aromatic nitrogens is 1. The van der Waals surface area contributed by atoms with E-state index in [4.69, 9.17) is 4.74 Å². The lowest BCUT2D eigenvalue weighted by atomic mass is 10.0. The van der Waals surface area contributed by atoms with Gasteiger partial charge in [0.1, 0.15) is 0 Å². The minimum Gasteiger partial charge on any atom is -0.381 e. The van der Waals surface area contributed by atoms with Crippen LogP contribution < -0.4 is 10.6 Å². The Morgan fingerprint density at radius 1 is 1.39 bits per heavy atom. The third-order valence-electron chi connectivity index (χ3n) is 4.62. The lowest BCUT2D eigenvalue weighted by Gasteiger charge is -2.33. The molecule has 1 aromatic rings. The molecule has 2 aliphatic heterocycles. The van der Waals surface area contributed by atoms with Crippen LogP contribution in [-0.2, 0) is 4.74 Å². The number of urea groups is 1. The van der Waals surface area contributed by atoms with Crippen molar-refractivity contribution < 1.29 is 9.53 Å². The first kappa shape index (κ1) is 16.2. The smallest absolute Gasteiger partial charge is 0.319 e. The van der Waals surface area contributed by atoms with Crippen molar-refractivity contribution in [3.63, 3.8) is 0 Å². The van der Waals surface area contributed by atoms with E-state index in [2.05, 4.69) is 20.5 Å². The van der Waals surface area contributed by atoms with Gasteiger partial charge in [-0.05, 0) is 44.2 Å². The zero-order chi connectivity index (χ0) is 16.1. The number of pyridine rings is 1. The number of piperidine rings is 1. The number of rotatable bonds is 4. The molecule has 2 aliphatic rings. The van der Waals surface area contributed by atoms with Crippen molar-refractivity contribution >= 4 is 11.7 Å². The Balaban J connectivity index is 1.38. The molecule has 126 valence electrons. The van der Waals surface area contributed by atoms with E-state index in [9.17, 15) is 4.79 Å². The number of aryl methyl sites for hydroxylation is 1. The summed E-state index contributed by atoms with van der Waals surface area (Å²) in [6, 6.07) is 3.80. The van der Waals surface area contributed by atoms with Crippen LogP contribution >= 0.6 is 0 Å². The highest BCUT2D eigenvalue weighted by molar-refractivity contribution is 5.89. The average Bonchev–Trinajstić information content (AvgIpc) is 3.02. The first-order valence-electron chi connectivity index (χ1n) is 8.49. The molecule has 1 aromatic heterocycles. The van der Waals surface area contributed by atoms with Crippen LogP contribution in [0.25, 0.3) is 0 Å². The van der Waals surface area contributed by atoms with Gasteiger partial charge in [-0.1, -0.05) is 0 Å². The van der Waals surface area contributed by atoms with Crippen LogP contribution in [0, 0.1) is 12.8 Å². The van der Waals surface area contributed by atoms with Crippen molar-refractivity contribution in [2.75, 3.05) is 38.2 Å². The summed E-state index contributed by atoms with van der Waals surface area (Å²) >= 11 is 0. The number of ether oxygens (including phenoxy) is 1. The first-order chi connectivity index (χ1) is 11.2. The van der Waals surface area contributed by atoms with E-state index >= 15 is 0 Å². The second kappa shape index (κ2) is 7.75. The number of hydrogen-bond acceptors (Lipinski definition) is 4. The molecular formula is C17H26N4O2. The van der Waals surface area contributed by atoms with Gasteiger partial charge < -0.3 is 20.3 Å². The zero-order valence-electron chi connectivity index (χ0n) is 13.8. The quantitative estimate of drug-likeness (QED) is 0.891. The van der Waals surface area contributed by atoms with Crippen molar-refractivity contribution in [2.45, 2.75) is 32.2 Å². The first-order valence-corrected chi connectivity index (χ1v) is 8.49. The highest BCUT2D eigenvalue weighted by Gasteiger charge is 2.24. The molecule has 6 nitrogen and oxygen atoms in total. The minimum atomic E-state index is -0.127. The fraction of sp³-hybridized carbons (Fsp3) is 0.647. The third-order valence-corrected chi connectivity index (χ3v) is 4.62. The highest BCUT2D eigenvalue weighted by Crippen LogP contribution is 2.18. The van der Waals surface area contributed by atoms with E-state index in [1.807, 2.05) is 13.0 Å². The Hall–Kier alpha value is -1.66. The molecule has 0 aliphatic carbocycles. The van der Waals surface area contributed by atoms with Crippen LogP contribution in [0.15, 0.2) is 18.3 Å². The lowest BCUT2D eigenvalue weighted by molar-refractivity contribution is 0.148. The normalized spacial score (nSPS) is 22.9. The van der Waals surface area contributed by atoms with Gasteiger partial charge in [-0.15, -0.1) is 0 Å². The van der Waals surface area contributed by atoms with Crippen molar-refractivity contribution in [3.05, 3.63) is 24.0 Å². The molecule has 0 spiro atoms. The number of carbonyl (C=O) groups is 1. The maximum Gasteiger partial charge on any atom is 0.319 e. The fourth-order valence-electron chi connectivity index (χ4n) is 3.33. The third kappa shape index (κ3) is 4.91. The van der Waals surface area contributed by atoms with Crippen LogP contribution in [0.3, 0.4) is 0 Å². The molecule has 0 radical (unpaired) electrons. The maximum atomic E-state index is 12.1. The van der Waals surface area contributed by atoms with Crippen molar-refractivity contribution in [1.29, 1.82) is 0 Å². The molecule has 6 heteroatoms. The molecule has 2 fully saturated rings. The van der Waals surface area contributed by atoms with Crippen molar-refractivity contribution in [2.24, 2.45) is 5.92 Å². The standard InChI is InChI=1S/C17H26N4O2/c1-13-10-16(2-6-18-13)20-17(22)19-15-3-7-21(8-4-15)11-14-5-9-23-12-14/h2,6,10,14-15H,3-5,7-9,11-12H2,1H3,(H2,18,19,20,22)/t14-/m1/s1. The zero-order valence-corrected chi connectivity index (χ0v) is 13.8. The predicted octanol–water partition coefficient (Wildman–Crippen LogP) is 2.01. The van der Waals surface area contributed by atoms with Gasteiger partial charge in [0.25, 0.3) is 0 Å². The van der Waals surface area contributed by atoms with Gasteiger partial charge in [0.05, 0.1) is 6.61 Å². The molecule has 1 atom stereocenters.